The monoisotopic (exact) mass is 224 g/mol. The molecule has 0 fully saturated rings. The van der Waals surface area contributed by atoms with Crippen LogP contribution in [0.1, 0.15) is 18.7 Å². The van der Waals surface area contributed by atoms with Gasteiger partial charge in [0.25, 0.3) is 0 Å². The second-order valence-corrected chi connectivity index (χ2v) is 4.20. The van der Waals surface area contributed by atoms with Gasteiger partial charge in [-0.05, 0) is 31.2 Å². The van der Waals surface area contributed by atoms with E-state index >= 15 is 0 Å². The van der Waals surface area contributed by atoms with Crippen molar-refractivity contribution in [2.45, 2.75) is 19.1 Å². The Balaban J connectivity index is 2.47. The lowest BCUT2D eigenvalue weighted by Gasteiger charge is -2.11. The van der Waals surface area contributed by atoms with Crippen LogP contribution in [0.25, 0.3) is 10.9 Å². The fraction of sp³-hybridized carbons (Fsp3) is 0.273. The van der Waals surface area contributed by atoms with E-state index < -0.39 is 6.10 Å². The van der Waals surface area contributed by atoms with Crippen LogP contribution >= 0.6 is 11.6 Å². The average Bonchev–Trinajstić information content (AvgIpc) is 2.58. The molecule has 15 heavy (non-hydrogen) atoms. The summed E-state index contributed by atoms with van der Waals surface area (Å²) in [5.41, 5.74) is 7.30. The van der Waals surface area contributed by atoms with Crippen LogP contribution < -0.4 is 5.73 Å². The number of nitrogens with two attached hydrogens (primary N) is 1. The highest BCUT2D eigenvalue weighted by atomic mass is 35.5. The number of hydrogen-bond acceptors (Lipinski definition) is 2. The molecule has 3 nitrogen and oxygen atoms in total. The molecular formula is C11H13ClN2O. The van der Waals surface area contributed by atoms with Crippen LogP contribution in [0, 0.1) is 0 Å². The number of hydrogen-bond donors (Lipinski definition) is 3. The van der Waals surface area contributed by atoms with Crippen molar-refractivity contribution in [3.05, 3.63) is 35.0 Å². The first kappa shape index (κ1) is 10.5. The molecule has 2 unspecified atom stereocenters. The summed E-state index contributed by atoms with van der Waals surface area (Å²) in [6.07, 6.45) is -0.670. The van der Waals surface area contributed by atoms with Crippen LogP contribution in [0.3, 0.4) is 0 Å². The number of aromatic nitrogens is 1. The van der Waals surface area contributed by atoms with E-state index in [9.17, 15) is 5.11 Å². The molecule has 0 radical (unpaired) electrons. The zero-order valence-electron chi connectivity index (χ0n) is 8.37. The maximum Gasteiger partial charge on any atom is 0.108 e. The second kappa shape index (κ2) is 3.85. The third-order valence-electron chi connectivity index (χ3n) is 2.42. The molecule has 2 rings (SSSR count). The number of benzene rings is 1. The maximum atomic E-state index is 9.78. The predicted octanol–water partition coefficient (Wildman–Crippen LogP) is 2.20. The molecule has 4 N–H and O–H groups in total. The SMILES string of the molecule is CC(N)C(O)c1cc2cc(Cl)ccc2[nH]1. The van der Waals surface area contributed by atoms with Crippen molar-refractivity contribution < 1.29 is 5.11 Å². The minimum atomic E-state index is -0.670. The van der Waals surface area contributed by atoms with Gasteiger partial charge in [0, 0.05) is 27.7 Å². The zero-order valence-corrected chi connectivity index (χ0v) is 9.12. The van der Waals surface area contributed by atoms with E-state index in [-0.39, 0.29) is 6.04 Å². The van der Waals surface area contributed by atoms with Crippen molar-refractivity contribution in [1.29, 1.82) is 0 Å². The largest absolute Gasteiger partial charge is 0.385 e. The Hall–Kier alpha value is -1.03. The first-order valence-electron chi connectivity index (χ1n) is 4.80. The number of fused-ring (bicyclic) bond motifs is 1. The van der Waals surface area contributed by atoms with Gasteiger partial charge in [0.1, 0.15) is 6.10 Å². The molecule has 0 amide bonds. The van der Waals surface area contributed by atoms with Gasteiger partial charge in [-0.3, -0.25) is 0 Å². The van der Waals surface area contributed by atoms with Gasteiger partial charge in [0.15, 0.2) is 0 Å². The van der Waals surface area contributed by atoms with Crippen molar-refractivity contribution in [3.8, 4) is 0 Å². The summed E-state index contributed by atoms with van der Waals surface area (Å²) in [6.45, 7) is 1.77. The molecule has 2 aromatic rings. The number of H-pyrrole nitrogens is 1. The first-order valence-corrected chi connectivity index (χ1v) is 5.17. The number of aliphatic hydroxyl groups excluding tert-OH is 1. The molecule has 0 saturated carbocycles. The Morgan fingerprint density at radius 2 is 2.13 bits per heavy atom. The third-order valence-corrected chi connectivity index (χ3v) is 2.66. The van der Waals surface area contributed by atoms with Gasteiger partial charge in [-0.15, -0.1) is 0 Å². The highest BCUT2D eigenvalue weighted by molar-refractivity contribution is 6.31. The highest BCUT2D eigenvalue weighted by Crippen LogP contribution is 2.24. The summed E-state index contributed by atoms with van der Waals surface area (Å²) in [4.78, 5) is 3.12. The second-order valence-electron chi connectivity index (χ2n) is 3.76. The summed E-state index contributed by atoms with van der Waals surface area (Å²) in [5.74, 6) is 0. The molecule has 2 atom stereocenters. The molecule has 1 aromatic heterocycles. The van der Waals surface area contributed by atoms with Gasteiger partial charge in [0.2, 0.25) is 0 Å². The van der Waals surface area contributed by atoms with Gasteiger partial charge >= 0.3 is 0 Å². The Kier molecular flexibility index (Phi) is 2.69. The van der Waals surface area contributed by atoms with E-state index in [4.69, 9.17) is 17.3 Å². The van der Waals surface area contributed by atoms with Crippen molar-refractivity contribution in [1.82, 2.24) is 4.98 Å². The Morgan fingerprint density at radius 1 is 1.40 bits per heavy atom. The van der Waals surface area contributed by atoms with E-state index in [1.54, 1.807) is 6.92 Å². The average molecular weight is 225 g/mol. The van der Waals surface area contributed by atoms with Crippen LogP contribution in [0.5, 0.6) is 0 Å². The Labute approximate surface area is 92.9 Å². The molecule has 0 aliphatic rings. The molecule has 0 aliphatic heterocycles. The van der Waals surface area contributed by atoms with E-state index in [0.29, 0.717) is 5.02 Å². The lowest BCUT2D eigenvalue weighted by Crippen LogP contribution is -2.24. The first-order chi connectivity index (χ1) is 7.08. The minimum Gasteiger partial charge on any atom is -0.385 e. The van der Waals surface area contributed by atoms with Crippen molar-refractivity contribution in [3.63, 3.8) is 0 Å². The van der Waals surface area contributed by atoms with Crippen LogP contribution in [0.2, 0.25) is 5.02 Å². The predicted molar refractivity (Wildman–Crippen MR) is 61.9 cm³/mol. The van der Waals surface area contributed by atoms with E-state index in [1.165, 1.54) is 0 Å². The standard InChI is InChI=1S/C11H13ClN2O/c1-6(13)11(15)10-5-7-4-8(12)2-3-9(7)14-10/h2-6,11,14-15H,13H2,1H3. The van der Waals surface area contributed by atoms with Gasteiger partial charge < -0.3 is 15.8 Å². The molecule has 0 saturated heterocycles. The number of aliphatic hydroxyl groups is 1. The van der Waals surface area contributed by atoms with Crippen LogP contribution in [0.4, 0.5) is 0 Å². The third kappa shape index (κ3) is 2.00. The number of halogens is 1. The lowest BCUT2D eigenvalue weighted by molar-refractivity contribution is 0.149. The quantitative estimate of drug-likeness (QED) is 0.733. The van der Waals surface area contributed by atoms with Gasteiger partial charge in [-0.1, -0.05) is 11.6 Å². The topological polar surface area (TPSA) is 62.0 Å². The van der Waals surface area contributed by atoms with Gasteiger partial charge in [-0.2, -0.15) is 0 Å². The fourth-order valence-corrected chi connectivity index (χ4v) is 1.75. The van der Waals surface area contributed by atoms with Crippen molar-refractivity contribution in [2.75, 3.05) is 0 Å². The summed E-state index contributed by atoms with van der Waals surface area (Å²) in [7, 11) is 0. The summed E-state index contributed by atoms with van der Waals surface area (Å²) >= 11 is 5.87. The van der Waals surface area contributed by atoms with E-state index in [0.717, 1.165) is 16.6 Å². The Bertz CT molecular complexity index is 478. The highest BCUT2D eigenvalue weighted by Gasteiger charge is 2.14. The number of rotatable bonds is 2. The van der Waals surface area contributed by atoms with E-state index in [2.05, 4.69) is 4.98 Å². The fourth-order valence-electron chi connectivity index (χ4n) is 1.57. The lowest BCUT2D eigenvalue weighted by atomic mass is 10.1. The Morgan fingerprint density at radius 3 is 2.80 bits per heavy atom. The summed E-state index contributed by atoms with van der Waals surface area (Å²) in [5, 5.41) is 11.4. The number of nitrogens with one attached hydrogen (secondary N) is 1. The maximum absolute atomic E-state index is 9.78. The van der Waals surface area contributed by atoms with Crippen molar-refractivity contribution >= 4 is 22.5 Å². The van der Waals surface area contributed by atoms with Gasteiger partial charge in [-0.25, -0.2) is 0 Å². The van der Waals surface area contributed by atoms with Crippen LogP contribution in [-0.4, -0.2) is 16.1 Å². The van der Waals surface area contributed by atoms with Gasteiger partial charge in [0.05, 0.1) is 0 Å². The molecule has 1 heterocycles. The minimum absolute atomic E-state index is 0.298. The molecule has 0 bridgehead atoms. The van der Waals surface area contributed by atoms with Crippen LogP contribution in [-0.2, 0) is 0 Å². The number of aromatic amines is 1. The normalized spacial score (nSPS) is 15.5. The summed E-state index contributed by atoms with van der Waals surface area (Å²) in [6, 6.07) is 7.12. The molecule has 0 aliphatic carbocycles. The molecule has 80 valence electrons. The van der Waals surface area contributed by atoms with Crippen LogP contribution in [0.15, 0.2) is 24.3 Å². The summed E-state index contributed by atoms with van der Waals surface area (Å²) < 4.78 is 0. The van der Waals surface area contributed by atoms with E-state index in [1.807, 2.05) is 24.3 Å². The smallest absolute Gasteiger partial charge is 0.108 e. The molecule has 1 aromatic carbocycles. The molecule has 4 heteroatoms. The molecule has 0 spiro atoms. The van der Waals surface area contributed by atoms with Crippen molar-refractivity contribution in [2.24, 2.45) is 5.73 Å². The molecular weight excluding hydrogens is 212 g/mol. The zero-order chi connectivity index (χ0) is 11.0.